The molecule has 1 aromatic heterocycles. The van der Waals surface area contributed by atoms with Crippen LogP contribution in [0.25, 0.3) is 0 Å². The number of hydrogen-bond acceptors (Lipinski definition) is 2. The number of nitrogens with two attached hydrogens (primary N) is 1. The molecule has 0 aliphatic rings. The first-order valence-corrected chi connectivity index (χ1v) is 6.02. The lowest BCUT2D eigenvalue weighted by Crippen LogP contribution is -2.13. The molecule has 1 unspecified atom stereocenters. The van der Waals surface area contributed by atoms with Gasteiger partial charge in [-0.1, -0.05) is 29.3 Å². The molecule has 0 saturated heterocycles. The number of benzene rings is 1. The predicted molar refractivity (Wildman–Crippen MR) is 71.3 cm³/mol. The van der Waals surface area contributed by atoms with Gasteiger partial charge in [0, 0.05) is 18.4 Å². The molecule has 1 heterocycles. The van der Waals surface area contributed by atoms with Crippen LogP contribution in [0.5, 0.6) is 0 Å². The first-order chi connectivity index (χ1) is 8.16. The summed E-state index contributed by atoms with van der Waals surface area (Å²) < 4.78 is 0. The second kappa shape index (κ2) is 5.50. The number of aromatic nitrogens is 1. The van der Waals surface area contributed by atoms with Gasteiger partial charge in [-0.3, -0.25) is 4.98 Å². The lowest BCUT2D eigenvalue weighted by Gasteiger charge is -2.12. The largest absolute Gasteiger partial charge is 0.324 e. The van der Waals surface area contributed by atoms with Gasteiger partial charge in [0.1, 0.15) is 0 Å². The summed E-state index contributed by atoms with van der Waals surface area (Å²) in [6.45, 7) is 0. The van der Waals surface area contributed by atoms with E-state index in [2.05, 4.69) is 4.98 Å². The Labute approximate surface area is 110 Å². The molecule has 0 bridgehead atoms. The fourth-order valence-electron chi connectivity index (χ4n) is 1.65. The van der Waals surface area contributed by atoms with E-state index < -0.39 is 0 Å². The summed E-state index contributed by atoms with van der Waals surface area (Å²) in [6.07, 6.45) is 4.20. The number of hydrogen-bond donors (Lipinski definition) is 1. The van der Waals surface area contributed by atoms with Gasteiger partial charge in [0.25, 0.3) is 0 Å². The van der Waals surface area contributed by atoms with Gasteiger partial charge >= 0.3 is 0 Å². The van der Waals surface area contributed by atoms with Crippen molar-refractivity contribution in [3.05, 3.63) is 63.9 Å². The van der Waals surface area contributed by atoms with E-state index in [-0.39, 0.29) is 6.04 Å². The maximum atomic E-state index is 6.11. The Morgan fingerprint density at radius 1 is 1.06 bits per heavy atom. The average Bonchev–Trinajstić information content (AvgIpc) is 2.35. The molecular formula is C13H12Cl2N2. The van der Waals surface area contributed by atoms with Crippen LogP contribution < -0.4 is 5.73 Å². The van der Waals surface area contributed by atoms with Crippen LogP contribution in [0, 0.1) is 0 Å². The Balaban J connectivity index is 2.13. The summed E-state index contributed by atoms with van der Waals surface area (Å²) in [5.74, 6) is 0. The van der Waals surface area contributed by atoms with Gasteiger partial charge in [0.2, 0.25) is 0 Å². The van der Waals surface area contributed by atoms with Crippen molar-refractivity contribution in [1.29, 1.82) is 0 Å². The standard InChI is InChI=1S/C13H12Cl2N2/c14-11-2-1-9(7-12(11)15)8-13(16)10-3-5-17-6-4-10/h1-7,13H,8,16H2. The lowest BCUT2D eigenvalue weighted by atomic mass is 10.0. The highest BCUT2D eigenvalue weighted by atomic mass is 35.5. The maximum absolute atomic E-state index is 6.11. The third-order valence-corrected chi connectivity index (χ3v) is 3.31. The van der Waals surface area contributed by atoms with Gasteiger partial charge in [-0.25, -0.2) is 0 Å². The molecule has 88 valence electrons. The van der Waals surface area contributed by atoms with Crippen molar-refractivity contribution in [2.24, 2.45) is 5.73 Å². The highest BCUT2D eigenvalue weighted by Crippen LogP contribution is 2.24. The molecule has 2 N–H and O–H groups in total. The van der Waals surface area contributed by atoms with Crippen molar-refractivity contribution >= 4 is 23.2 Å². The molecule has 2 aromatic rings. The SMILES string of the molecule is NC(Cc1ccc(Cl)c(Cl)c1)c1ccncc1. The number of pyridine rings is 1. The molecule has 0 aliphatic carbocycles. The zero-order chi connectivity index (χ0) is 12.3. The van der Waals surface area contributed by atoms with Crippen LogP contribution in [0.15, 0.2) is 42.7 Å². The number of halogens is 2. The van der Waals surface area contributed by atoms with Crippen LogP contribution in [0.4, 0.5) is 0 Å². The zero-order valence-electron chi connectivity index (χ0n) is 9.11. The Hall–Kier alpha value is -1.09. The molecular weight excluding hydrogens is 255 g/mol. The van der Waals surface area contributed by atoms with Crippen molar-refractivity contribution in [3.8, 4) is 0 Å². The van der Waals surface area contributed by atoms with Crippen molar-refractivity contribution in [3.63, 3.8) is 0 Å². The van der Waals surface area contributed by atoms with E-state index in [4.69, 9.17) is 28.9 Å². The minimum atomic E-state index is -0.0600. The topological polar surface area (TPSA) is 38.9 Å². The first kappa shape index (κ1) is 12.4. The third kappa shape index (κ3) is 3.19. The number of nitrogens with zero attached hydrogens (tertiary/aromatic N) is 1. The molecule has 0 aliphatic heterocycles. The molecule has 1 atom stereocenters. The Kier molecular flexibility index (Phi) is 4.00. The van der Waals surface area contributed by atoms with E-state index in [0.717, 1.165) is 17.5 Å². The van der Waals surface area contributed by atoms with E-state index in [1.54, 1.807) is 18.5 Å². The van der Waals surface area contributed by atoms with Crippen molar-refractivity contribution in [1.82, 2.24) is 4.98 Å². The summed E-state index contributed by atoms with van der Waals surface area (Å²) in [5.41, 5.74) is 8.25. The molecule has 2 rings (SSSR count). The zero-order valence-corrected chi connectivity index (χ0v) is 10.6. The fraction of sp³-hybridized carbons (Fsp3) is 0.154. The second-order valence-electron chi connectivity index (χ2n) is 3.84. The molecule has 0 spiro atoms. The summed E-state index contributed by atoms with van der Waals surface area (Å²) in [7, 11) is 0. The van der Waals surface area contributed by atoms with Gasteiger partial charge in [-0.15, -0.1) is 0 Å². The highest BCUT2D eigenvalue weighted by molar-refractivity contribution is 6.42. The Morgan fingerprint density at radius 3 is 2.41 bits per heavy atom. The average molecular weight is 267 g/mol. The van der Waals surface area contributed by atoms with Gasteiger partial charge in [0.15, 0.2) is 0 Å². The van der Waals surface area contributed by atoms with E-state index in [1.165, 1.54) is 0 Å². The molecule has 0 saturated carbocycles. The molecule has 2 nitrogen and oxygen atoms in total. The normalized spacial score (nSPS) is 12.4. The molecule has 4 heteroatoms. The molecule has 17 heavy (non-hydrogen) atoms. The van der Waals surface area contributed by atoms with Crippen LogP contribution in [-0.4, -0.2) is 4.98 Å². The number of rotatable bonds is 3. The van der Waals surface area contributed by atoms with E-state index in [0.29, 0.717) is 10.0 Å². The Morgan fingerprint density at radius 2 is 1.76 bits per heavy atom. The molecule has 0 fully saturated rings. The van der Waals surface area contributed by atoms with E-state index in [1.807, 2.05) is 24.3 Å². The van der Waals surface area contributed by atoms with Gasteiger partial charge < -0.3 is 5.73 Å². The van der Waals surface area contributed by atoms with Gasteiger partial charge in [-0.2, -0.15) is 0 Å². The van der Waals surface area contributed by atoms with Crippen LogP contribution >= 0.6 is 23.2 Å². The minimum absolute atomic E-state index is 0.0600. The maximum Gasteiger partial charge on any atom is 0.0595 e. The van der Waals surface area contributed by atoms with Crippen LogP contribution in [0.3, 0.4) is 0 Å². The monoisotopic (exact) mass is 266 g/mol. The van der Waals surface area contributed by atoms with Crippen LogP contribution in [0.2, 0.25) is 10.0 Å². The summed E-state index contributed by atoms with van der Waals surface area (Å²) in [4.78, 5) is 3.97. The minimum Gasteiger partial charge on any atom is -0.324 e. The summed E-state index contributed by atoms with van der Waals surface area (Å²) >= 11 is 11.8. The lowest BCUT2D eigenvalue weighted by molar-refractivity contribution is 0.720. The molecule has 1 aromatic carbocycles. The fourth-order valence-corrected chi connectivity index (χ4v) is 1.97. The van der Waals surface area contributed by atoms with Crippen LogP contribution in [0.1, 0.15) is 17.2 Å². The Bertz CT molecular complexity index is 500. The van der Waals surface area contributed by atoms with Gasteiger partial charge in [0.05, 0.1) is 10.0 Å². The van der Waals surface area contributed by atoms with Crippen molar-refractivity contribution in [2.75, 3.05) is 0 Å². The summed E-state index contributed by atoms with van der Waals surface area (Å²) in [6, 6.07) is 9.36. The molecule has 0 amide bonds. The van der Waals surface area contributed by atoms with E-state index in [9.17, 15) is 0 Å². The smallest absolute Gasteiger partial charge is 0.0595 e. The molecule has 0 radical (unpaired) electrons. The third-order valence-electron chi connectivity index (χ3n) is 2.57. The van der Waals surface area contributed by atoms with Crippen LogP contribution in [-0.2, 0) is 6.42 Å². The van der Waals surface area contributed by atoms with Gasteiger partial charge in [-0.05, 0) is 41.8 Å². The van der Waals surface area contributed by atoms with Crippen molar-refractivity contribution < 1.29 is 0 Å². The summed E-state index contributed by atoms with van der Waals surface area (Å²) in [5, 5.41) is 1.12. The predicted octanol–water partition coefficient (Wildman–Crippen LogP) is 3.63. The second-order valence-corrected chi connectivity index (χ2v) is 4.65. The highest BCUT2D eigenvalue weighted by Gasteiger charge is 2.08. The van der Waals surface area contributed by atoms with E-state index >= 15 is 0 Å². The quantitative estimate of drug-likeness (QED) is 0.922. The first-order valence-electron chi connectivity index (χ1n) is 5.26. The van der Waals surface area contributed by atoms with Crippen molar-refractivity contribution in [2.45, 2.75) is 12.5 Å².